The van der Waals surface area contributed by atoms with Gasteiger partial charge in [-0.25, -0.2) is 9.97 Å². The first-order valence-electron chi connectivity index (χ1n) is 9.09. The highest BCUT2D eigenvalue weighted by molar-refractivity contribution is 5.96. The van der Waals surface area contributed by atoms with Crippen molar-refractivity contribution in [2.75, 3.05) is 31.1 Å². The molecular formula is C19H23N5O2. The van der Waals surface area contributed by atoms with E-state index in [4.69, 9.17) is 9.72 Å². The molecule has 2 aliphatic heterocycles. The third kappa shape index (κ3) is 3.14. The van der Waals surface area contributed by atoms with Gasteiger partial charge in [0.2, 0.25) is 0 Å². The summed E-state index contributed by atoms with van der Waals surface area (Å²) in [6.07, 6.45) is 4.31. The lowest BCUT2D eigenvalue weighted by molar-refractivity contribution is 0.0392. The number of anilines is 1. The monoisotopic (exact) mass is 353 g/mol. The molecule has 7 heteroatoms. The Balaban J connectivity index is 1.71. The van der Waals surface area contributed by atoms with E-state index in [1.54, 1.807) is 6.20 Å². The first-order chi connectivity index (χ1) is 12.6. The zero-order valence-electron chi connectivity index (χ0n) is 15.1. The van der Waals surface area contributed by atoms with Crippen molar-refractivity contribution >= 4 is 11.7 Å². The highest BCUT2D eigenvalue weighted by Crippen LogP contribution is 2.30. The quantitative estimate of drug-likeness (QED) is 0.907. The minimum atomic E-state index is -0.103. The minimum absolute atomic E-state index is 0.0528. The molecular weight excluding hydrogens is 330 g/mol. The molecule has 1 amide bonds. The summed E-state index contributed by atoms with van der Waals surface area (Å²) in [7, 11) is 0. The van der Waals surface area contributed by atoms with Gasteiger partial charge in [0.1, 0.15) is 23.4 Å². The molecule has 136 valence electrons. The molecule has 7 nitrogen and oxygen atoms in total. The Bertz CT molecular complexity index is 809. The number of hydrogen-bond acceptors (Lipinski definition) is 6. The van der Waals surface area contributed by atoms with Gasteiger partial charge in [-0.2, -0.15) is 0 Å². The molecule has 4 rings (SSSR count). The minimum Gasteiger partial charge on any atom is -0.370 e. The summed E-state index contributed by atoms with van der Waals surface area (Å²) in [6, 6.07) is 3.95. The molecule has 1 atom stereocenters. The number of nitrogens with zero attached hydrogens (tertiary/aromatic N) is 4. The maximum Gasteiger partial charge on any atom is 0.270 e. The second-order valence-corrected chi connectivity index (χ2v) is 6.98. The van der Waals surface area contributed by atoms with Crippen LogP contribution in [0.5, 0.6) is 0 Å². The van der Waals surface area contributed by atoms with Gasteiger partial charge in [-0.1, -0.05) is 19.9 Å². The molecule has 4 heterocycles. The van der Waals surface area contributed by atoms with Crippen LogP contribution in [0.15, 0.2) is 24.5 Å². The highest BCUT2D eigenvalue weighted by Gasteiger charge is 2.30. The maximum absolute atomic E-state index is 12.3. The van der Waals surface area contributed by atoms with Gasteiger partial charge in [-0.05, 0) is 12.5 Å². The van der Waals surface area contributed by atoms with Crippen LogP contribution in [-0.4, -0.2) is 47.1 Å². The smallest absolute Gasteiger partial charge is 0.270 e. The van der Waals surface area contributed by atoms with Gasteiger partial charge in [0, 0.05) is 49.1 Å². The number of nitrogens with one attached hydrogen (secondary N) is 1. The number of fused-ring (bicyclic) bond motifs is 1. The Kier molecular flexibility index (Phi) is 4.55. The molecule has 0 spiro atoms. The van der Waals surface area contributed by atoms with Crippen LogP contribution in [0.2, 0.25) is 0 Å². The number of rotatable bonds is 3. The number of carbonyl (C=O) groups excluding carboxylic acids is 1. The molecule has 1 unspecified atom stereocenters. The van der Waals surface area contributed by atoms with Crippen LogP contribution < -0.4 is 10.2 Å². The Morgan fingerprint density at radius 2 is 2.23 bits per heavy atom. The summed E-state index contributed by atoms with van der Waals surface area (Å²) in [5.74, 6) is 1.64. The highest BCUT2D eigenvalue weighted by atomic mass is 16.5. The van der Waals surface area contributed by atoms with Crippen molar-refractivity contribution in [2.24, 2.45) is 0 Å². The van der Waals surface area contributed by atoms with E-state index in [0.29, 0.717) is 31.2 Å². The number of carbonyl (C=O) groups is 1. The molecule has 0 aromatic carbocycles. The van der Waals surface area contributed by atoms with Crippen LogP contribution in [0.3, 0.4) is 0 Å². The average molecular weight is 353 g/mol. The van der Waals surface area contributed by atoms with E-state index in [1.165, 1.54) is 0 Å². The molecule has 2 aromatic heterocycles. The van der Waals surface area contributed by atoms with Crippen LogP contribution in [0.4, 0.5) is 5.82 Å². The van der Waals surface area contributed by atoms with Crippen molar-refractivity contribution in [1.29, 1.82) is 0 Å². The molecule has 2 aliphatic rings. The molecule has 0 bridgehead atoms. The van der Waals surface area contributed by atoms with Crippen molar-refractivity contribution in [3.8, 4) is 0 Å². The third-order valence-electron chi connectivity index (χ3n) is 4.82. The summed E-state index contributed by atoms with van der Waals surface area (Å²) in [5.41, 5.74) is 2.53. The second-order valence-electron chi connectivity index (χ2n) is 6.98. The summed E-state index contributed by atoms with van der Waals surface area (Å²) < 4.78 is 5.95. The number of ether oxygens (including phenoxy) is 1. The number of aromatic nitrogens is 3. The first-order valence-corrected chi connectivity index (χ1v) is 9.09. The van der Waals surface area contributed by atoms with Crippen LogP contribution in [0, 0.1) is 0 Å². The Morgan fingerprint density at radius 1 is 1.35 bits per heavy atom. The van der Waals surface area contributed by atoms with Gasteiger partial charge < -0.3 is 15.0 Å². The van der Waals surface area contributed by atoms with E-state index < -0.39 is 0 Å². The van der Waals surface area contributed by atoms with E-state index in [0.717, 1.165) is 29.9 Å². The number of hydrogen-bond donors (Lipinski definition) is 1. The predicted molar refractivity (Wildman–Crippen MR) is 97.3 cm³/mol. The fourth-order valence-electron chi connectivity index (χ4n) is 3.42. The lowest BCUT2D eigenvalue weighted by atomic mass is 10.0. The number of pyridine rings is 1. The fourth-order valence-corrected chi connectivity index (χ4v) is 3.42. The molecule has 0 radical (unpaired) electrons. The van der Waals surface area contributed by atoms with Gasteiger partial charge in [0.05, 0.1) is 6.61 Å². The van der Waals surface area contributed by atoms with Gasteiger partial charge >= 0.3 is 0 Å². The van der Waals surface area contributed by atoms with Crippen molar-refractivity contribution in [1.82, 2.24) is 20.3 Å². The predicted octanol–water partition coefficient (Wildman–Crippen LogP) is 1.86. The fraction of sp³-hybridized carbons (Fsp3) is 0.474. The molecule has 1 fully saturated rings. The molecule has 1 N–H and O–H groups in total. The van der Waals surface area contributed by atoms with Crippen LogP contribution in [0.25, 0.3) is 0 Å². The van der Waals surface area contributed by atoms with Crippen LogP contribution in [0.1, 0.15) is 53.3 Å². The summed E-state index contributed by atoms with van der Waals surface area (Å²) in [6.45, 7) is 6.77. The van der Waals surface area contributed by atoms with Crippen molar-refractivity contribution in [2.45, 2.75) is 32.3 Å². The topological polar surface area (TPSA) is 80.2 Å². The molecule has 2 aromatic rings. The molecule has 0 aliphatic carbocycles. The SMILES string of the molecule is CC(C)c1nc2c(c(N3CCOC(c4cccnc4)C3)n1)CCNC2=O. The molecule has 0 saturated carbocycles. The summed E-state index contributed by atoms with van der Waals surface area (Å²) in [4.78, 5) is 28.1. The zero-order valence-corrected chi connectivity index (χ0v) is 15.1. The van der Waals surface area contributed by atoms with Crippen molar-refractivity contribution in [3.63, 3.8) is 0 Å². The van der Waals surface area contributed by atoms with E-state index in [9.17, 15) is 4.79 Å². The molecule has 1 saturated heterocycles. The van der Waals surface area contributed by atoms with E-state index >= 15 is 0 Å². The number of amides is 1. The summed E-state index contributed by atoms with van der Waals surface area (Å²) in [5, 5.41) is 2.89. The largest absolute Gasteiger partial charge is 0.370 e. The average Bonchev–Trinajstić information content (AvgIpc) is 2.68. The zero-order chi connectivity index (χ0) is 18.1. The number of morpholine rings is 1. The van der Waals surface area contributed by atoms with Crippen LogP contribution >= 0.6 is 0 Å². The van der Waals surface area contributed by atoms with Crippen LogP contribution in [-0.2, 0) is 11.2 Å². The van der Waals surface area contributed by atoms with Gasteiger partial charge in [-0.3, -0.25) is 9.78 Å². The first kappa shape index (κ1) is 16.9. The third-order valence-corrected chi connectivity index (χ3v) is 4.82. The molecule has 26 heavy (non-hydrogen) atoms. The second kappa shape index (κ2) is 6.99. The van der Waals surface area contributed by atoms with Crippen molar-refractivity contribution in [3.05, 3.63) is 47.2 Å². The van der Waals surface area contributed by atoms with E-state index in [1.807, 2.05) is 32.2 Å². The Hall–Kier alpha value is -2.54. The van der Waals surface area contributed by atoms with Gasteiger partial charge in [0.15, 0.2) is 0 Å². The van der Waals surface area contributed by atoms with Gasteiger partial charge in [0.25, 0.3) is 5.91 Å². The lowest BCUT2D eigenvalue weighted by Gasteiger charge is -2.36. The van der Waals surface area contributed by atoms with Crippen molar-refractivity contribution < 1.29 is 9.53 Å². The Morgan fingerprint density at radius 3 is 3.00 bits per heavy atom. The Labute approximate surface area is 152 Å². The van der Waals surface area contributed by atoms with E-state index in [-0.39, 0.29) is 17.9 Å². The summed E-state index contributed by atoms with van der Waals surface area (Å²) >= 11 is 0. The standard InChI is InChI=1S/C19H23N5O2/c1-12(2)17-22-16-14(5-7-21-19(16)25)18(23-17)24-8-9-26-15(11-24)13-4-3-6-20-10-13/h3-4,6,10,12,15H,5,7-9,11H2,1-2H3,(H,21,25). The lowest BCUT2D eigenvalue weighted by Crippen LogP contribution is -2.41. The van der Waals surface area contributed by atoms with Gasteiger partial charge in [-0.15, -0.1) is 0 Å². The normalized spacial score (nSPS) is 20.0. The van der Waals surface area contributed by atoms with E-state index in [2.05, 4.69) is 20.2 Å². The maximum atomic E-state index is 12.3.